The van der Waals surface area contributed by atoms with Gasteiger partial charge in [-0.15, -0.1) is 0 Å². The largest absolute Gasteiger partial charge is 0.507 e. The fraction of sp³-hybridized carbons (Fsp3) is 0.270. The molecule has 242 valence electrons. The second-order valence-electron chi connectivity index (χ2n) is 11.9. The van der Waals surface area contributed by atoms with E-state index < -0.39 is 34.2 Å². The number of amides is 1. The smallest absolute Gasteiger partial charge is 0.339 e. The number of benzene rings is 4. The fourth-order valence-electron chi connectivity index (χ4n) is 5.96. The van der Waals surface area contributed by atoms with Gasteiger partial charge in [0, 0.05) is 18.3 Å². The minimum atomic E-state index is -4.18. The summed E-state index contributed by atoms with van der Waals surface area (Å²) in [5.41, 5.74) is 3.69. The summed E-state index contributed by atoms with van der Waals surface area (Å²) >= 11 is 0. The van der Waals surface area contributed by atoms with Crippen LogP contribution in [-0.4, -0.2) is 41.4 Å². The Morgan fingerprint density at radius 3 is 2.21 bits per heavy atom. The van der Waals surface area contributed by atoms with Crippen molar-refractivity contribution in [3.8, 4) is 5.75 Å². The first-order chi connectivity index (χ1) is 22.5. The molecule has 0 unspecified atom stereocenters. The number of hydrogen-bond acceptors (Lipinski definition) is 5. The van der Waals surface area contributed by atoms with E-state index in [2.05, 4.69) is 17.0 Å². The Morgan fingerprint density at radius 1 is 0.872 bits per heavy atom. The molecule has 4 aromatic carbocycles. The average Bonchev–Trinajstić information content (AvgIpc) is 3.07. The summed E-state index contributed by atoms with van der Waals surface area (Å²) in [6.07, 6.45) is 5.94. The predicted octanol–water partition coefficient (Wildman–Crippen LogP) is 7.42. The molecule has 5 rings (SSSR count). The van der Waals surface area contributed by atoms with Gasteiger partial charge in [-0.3, -0.25) is 4.79 Å². The maximum absolute atomic E-state index is 14.2. The highest BCUT2D eigenvalue weighted by Gasteiger charge is 2.30. The molecule has 1 aliphatic carbocycles. The Hall–Kier alpha value is -4.98. The molecule has 1 aliphatic rings. The summed E-state index contributed by atoms with van der Waals surface area (Å²) in [5, 5.41) is 20.0. The van der Waals surface area contributed by atoms with Crippen LogP contribution in [-0.2, 0) is 27.9 Å². The maximum atomic E-state index is 14.2. The number of aromatic carboxylic acids is 1. The molecule has 0 aromatic heterocycles. The van der Waals surface area contributed by atoms with Crippen LogP contribution in [0.4, 0.5) is 11.4 Å². The summed E-state index contributed by atoms with van der Waals surface area (Å²) in [5.74, 6) is -1.92. The standard InChI is InChI=1S/C37H37N3O6S/c1-26-11-18-33(19-12-26)47(45,46)39(23-28-7-6-10-31(21-28)38-2)25-36(42)40(32-17-20-34(37(43)44)35(41)22-32)24-27-13-15-30(16-14-27)29-8-4-3-5-9-29/h6-7,10-22,29,41H,3-5,8-9,23-25H2,1H3,(H,43,44). The van der Waals surface area contributed by atoms with Crippen LogP contribution < -0.4 is 4.90 Å². The number of carboxylic acids is 1. The molecule has 0 aliphatic heterocycles. The molecule has 1 fully saturated rings. The van der Waals surface area contributed by atoms with Crippen molar-refractivity contribution in [2.24, 2.45) is 0 Å². The van der Waals surface area contributed by atoms with Gasteiger partial charge >= 0.3 is 5.97 Å². The average molecular weight is 652 g/mol. The van der Waals surface area contributed by atoms with Crippen LogP contribution in [0.5, 0.6) is 5.75 Å². The van der Waals surface area contributed by atoms with Gasteiger partial charge in [0.25, 0.3) is 0 Å². The van der Waals surface area contributed by atoms with Crippen LogP contribution in [0.3, 0.4) is 0 Å². The summed E-state index contributed by atoms with van der Waals surface area (Å²) in [4.78, 5) is 30.6. The van der Waals surface area contributed by atoms with Crippen LogP contribution in [0, 0.1) is 13.5 Å². The van der Waals surface area contributed by atoms with E-state index in [0.717, 1.165) is 28.3 Å². The number of carbonyl (C=O) groups is 2. The lowest BCUT2D eigenvalue weighted by Gasteiger charge is -2.28. The molecule has 10 heteroatoms. The third-order valence-electron chi connectivity index (χ3n) is 8.59. The minimum absolute atomic E-state index is 0.0190. The van der Waals surface area contributed by atoms with Crippen molar-refractivity contribution in [3.63, 3.8) is 0 Å². The van der Waals surface area contributed by atoms with E-state index in [4.69, 9.17) is 6.57 Å². The third-order valence-corrected chi connectivity index (χ3v) is 10.4. The Labute approximate surface area is 275 Å². The number of carbonyl (C=O) groups excluding carboxylic acids is 1. The van der Waals surface area contributed by atoms with Crippen molar-refractivity contribution in [2.75, 3.05) is 11.4 Å². The van der Waals surface area contributed by atoms with E-state index in [1.165, 1.54) is 60.1 Å². The van der Waals surface area contributed by atoms with E-state index in [9.17, 15) is 28.2 Å². The van der Waals surface area contributed by atoms with E-state index in [0.29, 0.717) is 17.2 Å². The van der Waals surface area contributed by atoms with Gasteiger partial charge in [-0.1, -0.05) is 85.5 Å². The number of rotatable bonds is 11. The van der Waals surface area contributed by atoms with Gasteiger partial charge in [-0.2, -0.15) is 4.31 Å². The molecular weight excluding hydrogens is 614 g/mol. The maximum Gasteiger partial charge on any atom is 0.339 e. The highest BCUT2D eigenvalue weighted by Crippen LogP contribution is 2.33. The third kappa shape index (κ3) is 8.06. The van der Waals surface area contributed by atoms with Gasteiger partial charge in [-0.05, 0) is 66.6 Å². The highest BCUT2D eigenvalue weighted by atomic mass is 32.2. The van der Waals surface area contributed by atoms with Gasteiger partial charge in [0.15, 0.2) is 5.69 Å². The Balaban J connectivity index is 1.50. The van der Waals surface area contributed by atoms with Crippen LogP contribution in [0.1, 0.15) is 70.6 Å². The Morgan fingerprint density at radius 2 is 1.57 bits per heavy atom. The zero-order valence-corrected chi connectivity index (χ0v) is 27.0. The number of anilines is 1. The molecule has 2 N–H and O–H groups in total. The van der Waals surface area contributed by atoms with Crippen molar-refractivity contribution in [1.82, 2.24) is 4.31 Å². The lowest BCUT2D eigenvalue weighted by molar-refractivity contribution is -0.119. The van der Waals surface area contributed by atoms with Crippen molar-refractivity contribution < 1.29 is 28.2 Å². The van der Waals surface area contributed by atoms with Crippen LogP contribution in [0.15, 0.2) is 95.9 Å². The number of phenols is 1. The second kappa shape index (κ2) is 14.6. The fourth-order valence-corrected chi connectivity index (χ4v) is 7.33. The molecule has 0 spiro atoms. The molecule has 0 radical (unpaired) electrons. The van der Waals surface area contributed by atoms with Crippen molar-refractivity contribution in [1.29, 1.82) is 0 Å². The Kier molecular flexibility index (Phi) is 10.4. The molecule has 1 saturated carbocycles. The topological polar surface area (TPSA) is 120 Å². The summed E-state index contributed by atoms with van der Waals surface area (Å²) in [7, 11) is -4.18. The van der Waals surface area contributed by atoms with Gasteiger partial charge in [0.2, 0.25) is 15.9 Å². The summed E-state index contributed by atoms with van der Waals surface area (Å²) in [6.45, 7) is 8.56. The highest BCUT2D eigenvalue weighted by molar-refractivity contribution is 7.89. The minimum Gasteiger partial charge on any atom is -0.507 e. The lowest BCUT2D eigenvalue weighted by Crippen LogP contribution is -2.42. The predicted molar refractivity (Wildman–Crippen MR) is 180 cm³/mol. The number of hydrogen-bond donors (Lipinski definition) is 2. The summed E-state index contributed by atoms with van der Waals surface area (Å²) < 4.78 is 29.1. The van der Waals surface area contributed by atoms with Crippen LogP contribution >= 0.6 is 0 Å². The van der Waals surface area contributed by atoms with Crippen molar-refractivity contribution in [2.45, 2.75) is 62.9 Å². The number of nitrogens with zero attached hydrogens (tertiary/aromatic N) is 3. The molecule has 4 aromatic rings. The van der Waals surface area contributed by atoms with Gasteiger partial charge in [0.1, 0.15) is 11.3 Å². The molecule has 47 heavy (non-hydrogen) atoms. The van der Waals surface area contributed by atoms with Gasteiger partial charge in [0.05, 0.1) is 24.6 Å². The van der Waals surface area contributed by atoms with Crippen LogP contribution in [0.2, 0.25) is 0 Å². The molecule has 0 atom stereocenters. The first-order valence-corrected chi connectivity index (χ1v) is 17.0. The van der Waals surface area contributed by atoms with E-state index >= 15 is 0 Å². The normalized spacial score (nSPS) is 13.6. The number of aryl methyl sites for hydroxylation is 1. The summed E-state index contributed by atoms with van der Waals surface area (Å²) in [6, 6.07) is 24.8. The SMILES string of the molecule is [C-]#[N+]c1cccc(CN(CC(=O)N(Cc2ccc(C3CCCCC3)cc2)c2ccc(C(=O)O)c(O)c2)S(=O)(=O)c2ccc(C)cc2)c1. The quantitative estimate of drug-likeness (QED) is 0.163. The van der Waals surface area contributed by atoms with Gasteiger partial charge in [-0.25, -0.2) is 18.1 Å². The van der Waals surface area contributed by atoms with Gasteiger partial charge < -0.3 is 15.1 Å². The molecule has 0 bridgehead atoms. The number of carboxylic acid groups (broad SMARTS) is 1. The molecule has 1 amide bonds. The molecule has 0 heterocycles. The van der Waals surface area contributed by atoms with Crippen molar-refractivity contribution >= 4 is 33.3 Å². The van der Waals surface area contributed by atoms with E-state index in [1.807, 2.05) is 19.1 Å². The number of sulfonamides is 1. The number of aromatic hydroxyl groups is 1. The lowest BCUT2D eigenvalue weighted by atomic mass is 9.84. The first-order valence-electron chi connectivity index (χ1n) is 15.5. The zero-order valence-electron chi connectivity index (χ0n) is 26.2. The molecule has 9 nitrogen and oxygen atoms in total. The molecular formula is C37H37N3O6S. The van der Waals surface area contributed by atoms with Crippen molar-refractivity contribution in [3.05, 3.63) is 130 Å². The first kappa shape index (κ1) is 33.4. The zero-order chi connectivity index (χ0) is 33.6. The molecule has 0 saturated heterocycles. The van der Waals surface area contributed by atoms with Crippen LogP contribution in [0.25, 0.3) is 4.85 Å². The van der Waals surface area contributed by atoms with E-state index in [1.54, 1.807) is 36.4 Å². The second-order valence-corrected chi connectivity index (χ2v) is 13.9. The Bertz CT molecular complexity index is 1890. The monoisotopic (exact) mass is 651 g/mol. The van der Waals surface area contributed by atoms with E-state index in [-0.39, 0.29) is 29.2 Å².